The van der Waals surface area contributed by atoms with Crippen molar-refractivity contribution in [2.75, 3.05) is 12.4 Å². The summed E-state index contributed by atoms with van der Waals surface area (Å²) >= 11 is 1.35. The van der Waals surface area contributed by atoms with Gasteiger partial charge in [0.25, 0.3) is 5.91 Å². The maximum Gasteiger partial charge on any atom is 0.341 e. The number of hydrogen-bond donors (Lipinski definition) is 1. The minimum Gasteiger partial charge on any atom is -0.465 e. The number of carbonyl (C=O) groups excluding carboxylic acids is 2. The van der Waals surface area contributed by atoms with Gasteiger partial charge in [-0.3, -0.25) is 4.79 Å². The summed E-state index contributed by atoms with van der Waals surface area (Å²) < 4.78 is 9.95. The summed E-state index contributed by atoms with van der Waals surface area (Å²) in [5.41, 5.74) is 2.85. The molecule has 0 aliphatic heterocycles. The third-order valence-electron chi connectivity index (χ3n) is 3.59. The summed E-state index contributed by atoms with van der Waals surface area (Å²) in [7, 11) is 1.32. The molecule has 7 heteroatoms. The quantitative estimate of drug-likeness (QED) is 0.743. The van der Waals surface area contributed by atoms with Crippen molar-refractivity contribution in [1.82, 2.24) is 4.98 Å². The molecule has 0 aliphatic carbocycles. The number of oxazole rings is 1. The molecule has 6 nitrogen and oxygen atoms in total. The predicted molar refractivity (Wildman–Crippen MR) is 87.1 cm³/mol. The molecular weight excluding hydrogens is 316 g/mol. The highest BCUT2D eigenvalue weighted by molar-refractivity contribution is 7.16. The second kappa shape index (κ2) is 5.85. The number of nitrogens with one attached hydrogen (secondary N) is 1. The highest BCUT2D eigenvalue weighted by Gasteiger charge is 2.22. The third kappa shape index (κ3) is 2.70. The molecule has 3 rings (SSSR count). The fourth-order valence-electron chi connectivity index (χ4n) is 2.24. The van der Waals surface area contributed by atoms with E-state index in [0.717, 1.165) is 10.4 Å². The van der Waals surface area contributed by atoms with Gasteiger partial charge in [-0.15, -0.1) is 11.3 Å². The average molecular weight is 330 g/mol. The topological polar surface area (TPSA) is 81.4 Å². The van der Waals surface area contributed by atoms with E-state index in [9.17, 15) is 9.59 Å². The molecule has 0 unspecified atom stereocenters. The standard InChI is InChI=1S/C16H14N2O4S/c1-8-9(2)23-15(13(8)16(20)21-3)18-14(19)10-4-5-12-11(6-10)17-7-22-12/h4-7H,1-3H3,(H,18,19). The van der Waals surface area contributed by atoms with Gasteiger partial charge in [0, 0.05) is 10.4 Å². The molecule has 0 radical (unpaired) electrons. The number of fused-ring (bicyclic) bond motifs is 1. The van der Waals surface area contributed by atoms with Crippen molar-refractivity contribution in [2.45, 2.75) is 13.8 Å². The summed E-state index contributed by atoms with van der Waals surface area (Å²) in [6, 6.07) is 4.97. The Labute approximate surface area is 136 Å². The number of ether oxygens (including phenoxy) is 1. The van der Waals surface area contributed by atoms with Gasteiger partial charge in [-0.2, -0.15) is 0 Å². The van der Waals surface area contributed by atoms with Gasteiger partial charge in [-0.25, -0.2) is 9.78 Å². The molecule has 0 spiro atoms. The number of rotatable bonds is 3. The van der Waals surface area contributed by atoms with Gasteiger partial charge in [0.05, 0.1) is 12.7 Å². The average Bonchev–Trinajstić information content (AvgIpc) is 3.11. The number of benzene rings is 1. The number of amides is 1. The number of esters is 1. The Bertz CT molecular complexity index is 910. The van der Waals surface area contributed by atoms with Gasteiger partial charge in [0.15, 0.2) is 12.0 Å². The highest BCUT2D eigenvalue weighted by atomic mass is 32.1. The van der Waals surface area contributed by atoms with Gasteiger partial charge in [-0.1, -0.05) is 0 Å². The number of hydrogen-bond acceptors (Lipinski definition) is 6. The lowest BCUT2D eigenvalue weighted by Gasteiger charge is -2.06. The lowest BCUT2D eigenvalue weighted by atomic mass is 10.1. The molecular formula is C16H14N2O4S. The van der Waals surface area contributed by atoms with Crippen LogP contribution in [-0.2, 0) is 4.74 Å². The van der Waals surface area contributed by atoms with Crippen LogP contribution in [0.5, 0.6) is 0 Å². The van der Waals surface area contributed by atoms with Crippen LogP contribution in [0.15, 0.2) is 29.0 Å². The number of carbonyl (C=O) groups is 2. The summed E-state index contributed by atoms with van der Waals surface area (Å²) in [4.78, 5) is 29.4. The first-order chi connectivity index (χ1) is 11.0. The summed E-state index contributed by atoms with van der Waals surface area (Å²) in [6.07, 6.45) is 1.33. The van der Waals surface area contributed by atoms with Crippen molar-refractivity contribution in [2.24, 2.45) is 0 Å². The summed E-state index contributed by atoms with van der Waals surface area (Å²) in [6.45, 7) is 3.72. The van der Waals surface area contributed by atoms with E-state index >= 15 is 0 Å². The SMILES string of the molecule is COC(=O)c1c(NC(=O)c2ccc3ocnc3c2)sc(C)c1C. The van der Waals surface area contributed by atoms with Crippen LogP contribution < -0.4 is 5.32 Å². The lowest BCUT2D eigenvalue weighted by molar-refractivity contribution is 0.0601. The first-order valence-electron chi connectivity index (χ1n) is 6.84. The molecule has 118 valence electrons. The van der Waals surface area contributed by atoms with Crippen LogP contribution in [0.2, 0.25) is 0 Å². The minimum absolute atomic E-state index is 0.318. The highest BCUT2D eigenvalue weighted by Crippen LogP contribution is 2.33. The van der Waals surface area contributed by atoms with Crippen molar-refractivity contribution in [3.63, 3.8) is 0 Å². The zero-order chi connectivity index (χ0) is 16.6. The fourth-order valence-corrected chi connectivity index (χ4v) is 3.28. The van der Waals surface area contributed by atoms with Gasteiger partial charge in [-0.05, 0) is 37.6 Å². The monoisotopic (exact) mass is 330 g/mol. The number of aromatic nitrogens is 1. The van der Waals surface area contributed by atoms with E-state index in [1.54, 1.807) is 18.2 Å². The molecule has 2 aromatic heterocycles. The van der Waals surface area contributed by atoms with Crippen LogP contribution in [0, 0.1) is 13.8 Å². The number of aryl methyl sites for hydroxylation is 1. The molecule has 0 aliphatic rings. The second-order valence-electron chi connectivity index (χ2n) is 4.97. The smallest absolute Gasteiger partial charge is 0.341 e. The summed E-state index contributed by atoms with van der Waals surface area (Å²) in [5.74, 6) is -0.782. The Balaban J connectivity index is 1.93. The molecule has 0 atom stereocenters. The van der Waals surface area contributed by atoms with Crippen LogP contribution >= 0.6 is 11.3 Å². The number of nitrogens with zero attached hydrogens (tertiary/aromatic N) is 1. The molecule has 3 aromatic rings. The van der Waals surface area contributed by atoms with Crippen molar-refractivity contribution >= 4 is 39.3 Å². The Morgan fingerprint density at radius 3 is 2.83 bits per heavy atom. The van der Waals surface area contributed by atoms with Crippen molar-refractivity contribution in [3.05, 3.63) is 46.2 Å². The maximum absolute atomic E-state index is 12.4. The van der Waals surface area contributed by atoms with Gasteiger partial charge in [0.1, 0.15) is 10.5 Å². The van der Waals surface area contributed by atoms with E-state index in [2.05, 4.69) is 10.3 Å². The van der Waals surface area contributed by atoms with Crippen LogP contribution in [0.3, 0.4) is 0 Å². The zero-order valence-corrected chi connectivity index (χ0v) is 13.6. The largest absolute Gasteiger partial charge is 0.465 e. The first-order valence-corrected chi connectivity index (χ1v) is 7.66. The first kappa shape index (κ1) is 15.2. The molecule has 0 bridgehead atoms. The molecule has 23 heavy (non-hydrogen) atoms. The van der Waals surface area contributed by atoms with E-state index in [4.69, 9.17) is 9.15 Å². The van der Waals surface area contributed by atoms with Crippen molar-refractivity contribution < 1.29 is 18.7 Å². The second-order valence-corrected chi connectivity index (χ2v) is 6.19. The molecule has 0 saturated heterocycles. The number of thiophene rings is 1. The molecule has 0 fully saturated rings. The van der Waals surface area contributed by atoms with Crippen LogP contribution in [0.4, 0.5) is 5.00 Å². The Morgan fingerprint density at radius 1 is 1.30 bits per heavy atom. The molecule has 2 heterocycles. The van der Waals surface area contributed by atoms with Gasteiger partial charge in [0.2, 0.25) is 0 Å². The predicted octanol–water partition coefficient (Wildman–Crippen LogP) is 3.55. The van der Waals surface area contributed by atoms with E-state index in [-0.39, 0.29) is 5.91 Å². The summed E-state index contributed by atoms with van der Waals surface area (Å²) in [5, 5.41) is 3.26. The molecule has 1 amide bonds. The van der Waals surface area contributed by atoms with Crippen LogP contribution in [0.1, 0.15) is 31.2 Å². The number of anilines is 1. The van der Waals surface area contributed by atoms with E-state index in [1.807, 2.05) is 13.8 Å². The third-order valence-corrected chi connectivity index (χ3v) is 4.72. The Morgan fingerprint density at radius 2 is 2.09 bits per heavy atom. The van der Waals surface area contributed by atoms with Gasteiger partial charge >= 0.3 is 5.97 Å². The van der Waals surface area contributed by atoms with Crippen LogP contribution in [0.25, 0.3) is 11.1 Å². The fraction of sp³-hybridized carbons (Fsp3) is 0.188. The zero-order valence-electron chi connectivity index (χ0n) is 12.8. The van der Waals surface area contributed by atoms with Crippen molar-refractivity contribution in [3.8, 4) is 0 Å². The molecule has 1 N–H and O–H groups in total. The maximum atomic E-state index is 12.4. The number of methoxy groups -OCH3 is 1. The lowest BCUT2D eigenvalue weighted by Crippen LogP contribution is -2.14. The Hall–Kier alpha value is -2.67. The van der Waals surface area contributed by atoms with Gasteiger partial charge < -0.3 is 14.5 Å². The van der Waals surface area contributed by atoms with E-state index in [1.165, 1.54) is 24.8 Å². The minimum atomic E-state index is -0.464. The molecule has 0 saturated carbocycles. The Kier molecular flexibility index (Phi) is 3.87. The molecule has 1 aromatic carbocycles. The normalized spacial score (nSPS) is 10.7. The van der Waals surface area contributed by atoms with E-state index in [0.29, 0.717) is 27.2 Å². The van der Waals surface area contributed by atoms with Crippen LogP contribution in [-0.4, -0.2) is 24.0 Å². The van der Waals surface area contributed by atoms with Crippen molar-refractivity contribution in [1.29, 1.82) is 0 Å². The van der Waals surface area contributed by atoms with E-state index < -0.39 is 5.97 Å².